The molecule has 0 aliphatic rings. The van der Waals surface area contributed by atoms with E-state index in [1.165, 1.54) is 24.8 Å². The van der Waals surface area contributed by atoms with Crippen LogP contribution in [0.1, 0.15) is 45.7 Å². The second kappa shape index (κ2) is 12.6. The molecule has 24 heavy (non-hydrogen) atoms. The highest BCUT2D eigenvalue weighted by Crippen LogP contribution is 2.23. The molecule has 1 aromatic rings. The van der Waals surface area contributed by atoms with Crippen molar-refractivity contribution in [3.63, 3.8) is 0 Å². The first-order valence-electron chi connectivity index (χ1n) is 8.74. The minimum absolute atomic E-state index is 0.300. The number of alkyl carbamates (subject to hydrolysis) is 1. The first-order chi connectivity index (χ1) is 11.4. The Morgan fingerprint density at radius 1 is 1.25 bits per heavy atom. The summed E-state index contributed by atoms with van der Waals surface area (Å²) in [6, 6.07) is 8.84. The third-order valence-corrected chi connectivity index (χ3v) is 3.68. The molecule has 0 spiro atoms. The van der Waals surface area contributed by atoms with Crippen molar-refractivity contribution in [1.29, 1.82) is 0 Å². The fourth-order valence-electron chi connectivity index (χ4n) is 2.27. The van der Waals surface area contributed by atoms with Gasteiger partial charge in [-0.05, 0) is 31.2 Å². The molecule has 1 unspecified atom stereocenters. The molecule has 0 saturated heterocycles. The van der Waals surface area contributed by atoms with E-state index in [2.05, 4.69) is 71.8 Å². The standard InChI is InChI=1S/C16H27N3O2.C3H8/c1-6-19(11-10-17-16(20)21-5)13(2)14-8-7-9-15(12-14)18(3)4;1-3-2/h7-9,12-13H,6,10-11H2,1-5H3,(H,17,20);3H2,1-2H3. The lowest BCUT2D eigenvalue weighted by Crippen LogP contribution is -2.36. The summed E-state index contributed by atoms with van der Waals surface area (Å²) in [5.74, 6) is 0. The first kappa shape index (κ1) is 22.2. The SMILES string of the molecule is CCC.CCN(CCNC(=O)OC)C(C)c1cccc(N(C)C)c1. The number of anilines is 1. The number of carbonyl (C=O) groups excluding carboxylic acids is 1. The van der Waals surface area contributed by atoms with Gasteiger partial charge in [-0.15, -0.1) is 0 Å². The third kappa shape index (κ3) is 8.20. The molecule has 0 aliphatic heterocycles. The van der Waals surface area contributed by atoms with Crippen LogP contribution in [0.3, 0.4) is 0 Å². The summed E-state index contributed by atoms with van der Waals surface area (Å²) in [5.41, 5.74) is 2.48. The topological polar surface area (TPSA) is 44.8 Å². The smallest absolute Gasteiger partial charge is 0.406 e. The number of rotatable bonds is 7. The van der Waals surface area contributed by atoms with Crippen LogP contribution in [-0.2, 0) is 4.74 Å². The maximum absolute atomic E-state index is 11.1. The Morgan fingerprint density at radius 2 is 1.88 bits per heavy atom. The van der Waals surface area contributed by atoms with E-state index < -0.39 is 0 Å². The number of hydrogen-bond acceptors (Lipinski definition) is 4. The molecule has 1 aromatic carbocycles. The van der Waals surface area contributed by atoms with Crippen LogP contribution in [0.2, 0.25) is 0 Å². The predicted molar refractivity (Wildman–Crippen MR) is 103 cm³/mol. The second-order valence-corrected chi connectivity index (χ2v) is 5.92. The zero-order valence-electron chi connectivity index (χ0n) is 16.4. The zero-order chi connectivity index (χ0) is 18.5. The lowest BCUT2D eigenvalue weighted by atomic mass is 10.1. The van der Waals surface area contributed by atoms with E-state index in [0.717, 1.165) is 13.1 Å². The molecule has 5 heteroatoms. The number of methoxy groups -OCH3 is 1. The number of amides is 1. The third-order valence-electron chi connectivity index (χ3n) is 3.68. The predicted octanol–water partition coefficient (Wildman–Crippen LogP) is 3.91. The van der Waals surface area contributed by atoms with Gasteiger partial charge in [0.15, 0.2) is 0 Å². The molecule has 0 aromatic heterocycles. The van der Waals surface area contributed by atoms with Crippen molar-refractivity contribution in [2.75, 3.05) is 45.7 Å². The van der Waals surface area contributed by atoms with Gasteiger partial charge in [0, 0.05) is 38.9 Å². The molecule has 0 heterocycles. The Labute approximate surface area is 148 Å². The second-order valence-electron chi connectivity index (χ2n) is 5.92. The van der Waals surface area contributed by atoms with Gasteiger partial charge in [0.05, 0.1) is 7.11 Å². The molecule has 1 amide bonds. The summed E-state index contributed by atoms with van der Waals surface area (Å²) >= 11 is 0. The van der Waals surface area contributed by atoms with Crippen LogP contribution in [0.5, 0.6) is 0 Å². The number of benzene rings is 1. The summed E-state index contributed by atoms with van der Waals surface area (Å²) in [4.78, 5) is 15.5. The monoisotopic (exact) mass is 337 g/mol. The Kier molecular flexibility index (Phi) is 11.7. The van der Waals surface area contributed by atoms with Gasteiger partial charge in [-0.1, -0.05) is 39.3 Å². The van der Waals surface area contributed by atoms with E-state index in [9.17, 15) is 4.79 Å². The summed E-state index contributed by atoms with van der Waals surface area (Å²) < 4.78 is 4.58. The summed E-state index contributed by atoms with van der Waals surface area (Å²) in [6.45, 7) is 10.9. The molecule has 0 aliphatic carbocycles. The van der Waals surface area contributed by atoms with Gasteiger partial charge >= 0.3 is 6.09 Å². The van der Waals surface area contributed by atoms with Crippen LogP contribution in [0.4, 0.5) is 10.5 Å². The van der Waals surface area contributed by atoms with Crippen molar-refractivity contribution >= 4 is 11.8 Å². The average molecular weight is 338 g/mol. The van der Waals surface area contributed by atoms with Gasteiger partial charge in [-0.2, -0.15) is 0 Å². The van der Waals surface area contributed by atoms with Crippen molar-refractivity contribution in [3.8, 4) is 0 Å². The molecule has 0 fully saturated rings. The Bertz CT molecular complexity index is 464. The Hall–Kier alpha value is -1.75. The van der Waals surface area contributed by atoms with Crippen molar-refractivity contribution in [3.05, 3.63) is 29.8 Å². The lowest BCUT2D eigenvalue weighted by molar-refractivity contribution is 0.165. The van der Waals surface area contributed by atoms with E-state index >= 15 is 0 Å². The van der Waals surface area contributed by atoms with Crippen LogP contribution >= 0.6 is 0 Å². The Morgan fingerprint density at radius 3 is 2.38 bits per heavy atom. The van der Waals surface area contributed by atoms with Gasteiger partial charge in [0.2, 0.25) is 0 Å². The average Bonchev–Trinajstić information content (AvgIpc) is 2.58. The highest BCUT2D eigenvalue weighted by molar-refractivity contribution is 5.66. The van der Waals surface area contributed by atoms with Crippen LogP contribution < -0.4 is 10.2 Å². The van der Waals surface area contributed by atoms with Gasteiger partial charge in [-0.3, -0.25) is 4.90 Å². The minimum Gasteiger partial charge on any atom is -0.453 e. The van der Waals surface area contributed by atoms with E-state index in [4.69, 9.17) is 0 Å². The molecule has 1 atom stereocenters. The summed E-state index contributed by atoms with van der Waals surface area (Å²) in [7, 11) is 5.46. The van der Waals surface area contributed by atoms with Crippen molar-refractivity contribution in [1.82, 2.24) is 10.2 Å². The lowest BCUT2D eigenvalue weighted by Gasteiger charge is -2.29. The number of ether oxygens (including phenoxy) is 1. The molecule has 1 N–H and O–H groups in total. The highest BCUT2D eigenvalue weighted by atomic mass is 16.5. The van der Waals surface area contributed by atoms with Crippen molar-refractivity contribution < 1.29 is 9.53 Å². The van der Waals surface area contributed by atoms with Crippen molar-refractivity contribution in [2.45, 2.75) is 40.2 Å². The fraction of sp³-hybridized carbons (Fsp3) is 0.632. The molecule has 0 saturated carbocycles. The number of nitrogens with zero attached hydrogens (tertiary/aromatic N) is 2. The largest absolute Gasteiger partial charge is 0.453 e. The maximum atomic E-state index is 11.1. The van der Waals surface area contributed by atoms with Gasteiger partial charge < -0.3 is 15.0 Å². The fourth-order valence-corrected chi connectivity index (χ4v) is 2.27. The van der Waals surface area contributed by atoms with E-state index in [0.29, 0.717) is 12.6 Å². The molecule has 0 bridgehead atoms. The van der Waals surface area contributed by atoms with E-state index in [-0.39, 0.29) is 6.09 Å². The first-order valence-corrected chi connectivity index (χ1v) is 8.74. The van der Waals surface area contributed by atoms with Gasteiger partial charge in [0.25, 0.3) is 0 Å². The minimum atomic E-state index is -0.381. The summed E-state index contributed by atoms with van der Waals surface area (Å²) in [6.07, 6.45) is 0.869. The van der Waals surface area contributed by atoms with Crippen molar-refractivity contribution in [2.24, 2.45) is 0 Å². The zero-order valence-corrected chi connectivity index (χ0v) is 16.4. The van der Waals surface area contributed by atoms with Crippen LogP contribution in [0, 0.1) is 0 Å². The number of hydrogen-bond donors (Lipinski definition) is 1. The number of nitrogens with one attached hydrogen (secondary N) is 1. The van der Waals surface area contributed by atoms with Crippen LogP contribution in [0.15, 0.2) is 24.3 Å². The molecule has 0 radical (unpaired) electrons. The summed E-state index contributed by atoms with van der Waals surface area (Å²) in [5, 5.41) is 2.72. The maximum Gasteiger partial charge on any atom is 0.406 e. The quantitative estimate of drug-likeness (QED) is 0.819. The molecule has 138 valence electrons. The molecule has 1 rings (SSSR count). The molecular weight excluding hydrogens is 302 g/mol. The van der Waals surface area contributed by atoms with Gasteiger partial charge in [-0.25, -0.2) is 4.79 Å². The van der Waals surface area contributed by atoms with Gasteiger partial charge in [0.1, 0.15) is 0 Å². The van der Waals surface area contributed by atoms with Crippen LogP contribution in [-0.4, -0.2) is 51.8 Å². The number of likely N-dealkylation sites (N-methyl/N-ethyl adjacent to an activating group) is 1. The van der Waals surface area contributed by atoms with E-state index in [1.807, 2.05) is 14.1 Å². The molecule has 5 nitrogen and oxygen atoms in total. The Balaban J connectivity index is 0.00000163. The molecular formula is C19H35N3O2. The van der Waals surface area contributed by atoms with E-state index in [1.54, 1.807) is 0 Å². The highest BCUT2D eigenvalue weighted by Gasteiger charge is 2.14. The number of carbonyl (C=O) groups is 1. The van der Waals surface area contributed by atoms with Crippen LogP contribution in [0.25, 0.3) is 0 Å². The normalized spacial score (nSPS) is 11.3.